The van der Waals surface area contributed by atoms with Crippen molar-refractivity contribution in [3.8, 4) is 17.1 Å². The standard InChI is InChI=1S/C17H22N2O3/c1-4-5-9-19(2)17(20)12-14-11-16(22-18-14)13-7-6-8-15(10-13)21-3/h6-8,10-11H,4-5,9,12H2,1-3H3. The van der Waals surface area contributed by atoms with Crippen molar-refractivity contribution in [2.75, 3.05) is 20.7 Å². The van der Waals surface area contributed by atoms with E-state index in [4.69, 9.17) is 9.26 Å². The second-order valence-electron chi connectivity index (χ2n) is 5.26. The number of ether oxygens (including phenoxy) is 1. The Kier molecular flexibility index (Phi) is 5.58. The van der Waals surface area contributed by atoms with Crippen LogP contribution in [0, 0.1) is 0 Å². The van der Waals surface area contributed by atoms with Crippen LogP contribution in [0.5, 0.6) is 5.75 Å². The maximum absolute atomic E-state index is 12.1. The zero-order valence-electron chi connectivity index (χ0n) is 13.3. The Morgan fingerprint density at radius 2 is 2.18 bits per heavy atom. The normalized spacial score (nSPS) is 10.5. The van der Waals surface area contributed by atoms with E-state index >= 15 is 0 Å². The average molecular weight is 302 g/mol. The van der Waals surface area contributed by atoms with Gasteiger partial charge >= 0.3 is 0 Å². The molecule has 5 nitrogen and oxygen atoms in total. The summed E-state index contributed by atoms with van der Waals surface area (Å²) in [4.78, 5) is 13.8. The summed E-state index contributed by atoms with van der Waals surface area (Å²) in [5, 5.41) is 3.99. The molecule has 0 radical (unpaired) electrons. The maximum Gasteiger partial charge on any atom is 0.228 e. The molecule has 0 saturated heterocycles. The molecule has 0 fully saturated rings. The van der Waals surface area contributed by atoms with Crippen LogP contribution in [0.1, 0.15) is 25.5 Å². The number of unbranched alkanes of at least 4 members (excludes halogenated alkanes) is 1. The summed E-state index contributed by atoms with van der Waals surface area (Å²) in [6, 6.07) is 9.36. The molecule has 2 rings (SSSR count). The van der Waals surface area contributed by atoms with E-state index in [1.54, 1.807) is 18.1 Å². The first-order valence-corrected chi connectivity index (χ1v) is 7.48. The van der Waals surface area contributed by atoms with Gasteiger partial charge in [0.15, 0.2) is 5.76 Å². The first kappa shape index (κ1) is 16.1. The molecule has 1 amide bonds. The molecule has 0 N–H and O–H groups in total. The molecular formula is C17H22N2O3. The number of aromatic nitrogens is 1. The minimum atomic E-state index is 0.0546. The van der Waals surface area contributed by atoms with Crippen molar-refractivity contribution in [1.82, 2.24) is 10.1 Å². The Labute approximate surface area is 130 Å². The van der Waals surface area contributed by atoms with Gasteiger partial charge in [0, 0.05) is 25.2 Å². The summed E-state index contributed by atoms with van der Waals surface area (Å²) in [5.41, 5.74) is 1.52. The van der Waals surface area contributed by atoms with Crippen molar-refractivity contribution in [1.29, 1.82) is 0 Å². The van der Waals surface area contributed by atoms with E-state index in [2.05, 4.69) is 12.1 Å². The summed E-state index contributed by atoms with van der Waals surface area (Å²) in [5.74, 6) is 1.45. The lowest BCUT2D eigenvalue weighted by atomic mass is 10.1. The summed E-state index contributed by atoms with van der Waals surface area (Å²) in [7, 11) is 3.44. The number of carbonyl (C=O) groups excluding carboxylic acids is 1. The molecule has 0 unspecified atom stereocenters. The topological polar surface area (TPSA) is 55.6 Å². The number of rotatable bonds is 7. The number of benzene rings is 1. The van der Waals surface area contributed by atoms with Crippen LogP contribution in [0.15, 0.2) is 34.9 Å². The molecule has 0 aliphatic heterocycles. The first-order valence-electron chi connectivity index (χ1n) is 7.48. The predicted octanol–water partition coefficient (Wildman–Crippen LogP) is 3.15. The molecule has 0 bridgehead atoms. The highest BCUT2D eigenvalue weighted by Gasteiger charge is 2.14. The fourth-order valence-corrected chi connectivity index (χ4v) is 2.12. The smallest absolute Gasteiger partial charge is 0.228 e. The fourth-order valence-electron chi connectivity index (χ4n) is 2.12. The Balaban J connectivity index is 2.03. The Bertz CT molecular complexity index is 622. The van der Waals surface area contributed by atoms with E-state index in [1.807, 2.05) is 31.3 Å². The van der Waals surface area contributed by atoms with E-state index in [-0.39, 0.29) is 12.3 Å². The molecule has 5 heteroatoms. The quantitative estimate of drug-likeness (QED) is 0.788. The molecule has 1 aromatic carbocycles. The van der Waals surface area contributed by atoms with Crippen molar-refractivity contribution in [3.63, 3.8) is 0 Å². The van der Waals surface area contributed by atoms with Crippen molar-refractivity contribution in [2.24, 2.45) is 0 Å². The van der Waals surface area contributed by atoms with E-state index < -0.39 is 0 Å². The second-order valence-corrected chi connectivity index (χ2v) is 5.26. The van der Waals surface area contributed by atoms with Crippen LogP contribution in [0.4, 0.5) is 0 Å². The third-order valence-electron chi connectivity index (χ3n) is 3.52. The van der Waals surface area contributed by atoms with Gasteiger partial charge in [-0.25, -0.2) is 0 Å². The number of hydrogen-bond acceptors (Lipinski definition) is 4. The van der Waals surface area contributed by atoms with Gasteiger partial charge < -0.3 is 14.2 Å². The molecule has 0 spiro atoms. The minimum absolute atomic E-state index is 0.0546. The van der Waals surface area contributed by atoms with E-state index in [1.165, 1.54) is 0 Å². The molecule has 0 atom stereocenters. The molecule has 22 heavy (non-hydrogen) atoms. The molecule has 118 valence electrons. The zero-order valence-corrected chi connectivity index (χ0v) is 13.3. The molecule has 0 saturated carbocycles. The Hall–Kier alpha value is -2.30. The summed E-state index contributed by atoms with van der Waals surface area (Å²) in [6.45, 7) is 2.88. The number of hydrogen-bond donors (Lipinski definition) is 0. The van der Waals surface area contributed by atoms with Gasteiger partial charge in [0.1, 0.15) is 5.75 Å². The lowest BCUT2D eigenvalue weighted by molar-refractivity contribution is -0.129. The van der Waals surface area contributed by atoms with Gasteiger partial charge in [-0.3, -0.25) is 4.79 Å². The SMILES string of the molecule is CCCCN(C)C(=O)Cc1cc(-c2cccc(OC)c2)on1. The van der Waals surface area contributed by atoms with Crippen LogP contribution >= 0.6 is 0 Å². The minimum Gasteiger partial charge on any atom is -0.497 e. The highest BCUT2D eigenvalue weighted by atomic mass is 16.5. The van der Waals surface area contributed by atoms with Crippen LogP contribution in [0.2, 0.25) is 0 Å². The van der Waals surface area contributed by atoms with Crippen molar-refractivity contribution in [2.45, 2.75) is 26.2 Å². The number of carbonyl (C=O) groups is 1. The number of amides is 1. The Morgan fingerprint density at radius 3 is 2.91 bits per heavy atom. The molecule has 0 aliphatic carbocycles. The lowest BCUT2D eigenvalue weighted by Gasteiger charge is -2.15. The van der Waals surface area contributed by atoms with Gasteiger partial charge in [-0.05, 0) is 18.6 Å². The van der Waals surface area contributed by atoms with Gasteiger partial charge in [0.05, 0.1) is 19.2 Å². The van der Waals surface area contributed by atoms with Gasteiger partial charge in [0.25, 0.3) is 0 Å². The number of nitrogens with zero attached hydrogens (tertiary/aromatic N) is 2. The van der Waals surface area contributed by atoms with E-state index in [0.29, 0.717) is 11.5 Å². The largest absolute Gasteiger partial charge is 0.497 e. The summed E-state index contributed by atoms with van der Waals surface area (Å²) in [6.07, 6.45) is 2.34. The van der Waals surface area contributed by atoms with Gasteiger partial charge in [0.2, 0.25) is 5.91 Å². The monoisotopic (exact) mass is 302 g/mol. The Morgan fingerprint density at radius 1 is 1.36 bits per heavy atom. The van der Waals surface area contributed by atoms with E-state index in [0.717, 1.165) is 30.7 Å². The second kappa shape index (κ2) is 7.64. The van der Waals surface area contributed by atoms with Crippen molar-refractivity contribution < 1.29 is 14.1 Å². The van der Waals surface area contributed by atoms with Crippen LogP contribution < -0.4 is 4.74 Å². The summed E-state index contributed by atoms with van der Waals surface area (Å²) < 4.78 is 10.5. The van der Waals surface area contributed by atoms with Gasteiger partial charge in [-0.2, -0.15) is 0 Å². The van der Waals surface area contributed by atoms with Crippen molar-refractivity contribution >= 4 is 5.91 Å². The highest BCUT2D eigenvalue weighted by Crippen LogP contribution is 2.24. The third kappa shape index (κ3) is 4.10. The van der Waals surface area contributed by atoms with Gasteiger partial charge in [-0.15, -0.1) is 0 Å². The van der Waals surface area contributed by atoms with Crippen molar-refractivity contribution in [3.05, 3.63) is 36.0 Å². The predicted molar refractivity (Wildman–Crippen MR) is 84.7 cm³/mol. The number of likely N-dealkylation sites (N-methyl/N-ethyl adjacent to an activating group) is 1. The lowest BCUT2D eigenvalue weighted by Crippen LogP contribution is -2.29. The van der Waals surface area contributed by atoms with Crippen LogP contribution in [-0.4, -0.2) is 36.7 Å². The highest BCUT2D eigenvalue weighted by molar-refractivity contribution is 5.78. The third-order valence-corrected chi connectivity index (χ3v) is 3.52. The maximum atomic E-state index is 12.1. The van der Waals surface area contributed by atoms with E-state index in [9.17, 15) is 4.79 Å². The van der Waals surface area contributed by atoms with Crippen LogP contribution in [-0.2, 0) is 11.2 Å². The summed E-state index contributed by atoms with van der Waals surface area (Å²) >= 11 is 0. The average Bonchev–Trinajstić information content (AvgIpc) is 3.01. The van der Waals surface area contributed by atoms with Crippen LogP contribution in [0.25, 0.3) is 11.3 Å². The zero-order chi connectivity index (χ0) is 15.9. The molecule has 0 aliphatic rings. The van der Waals surface area contributed by atoms with Gasteiger partial charge in [-0.1, -0.05) is 30.6 Å². The molecular weight excluding hydrogens is 280 g/mol. The van der Waals surface area contributed by atoms with Crippen LogP contribution in [0.3, 0.4) is 0 Å². The number of methoxy groups -OCH3 is 1. The first-order chi connectivity index (χ1) is 10.6. The molecule has 1 aromatic heterocycles. The molecule has 1 heterocycles. The fraction of sp³-hybridized carbons (Fsp3) is 0.412. The molecule has 2 aromatic rings.